The molecule has 0 aromatic carbocycles. The summed E-state index contributed by atoms with van der Waals surface area (Å²) < 4.78 is 1.96. The van der Waals surface area contributed by atoms with Crippen molar-refractivity contribution in [2.45, 2.75) is 71.4 Å². The quantitative estimate of drug-likeness (QED) is 0.578. The number of nitrogens with one attached hydrogen (secondary N) is 2. The van der Waals surface area contributed by atoms with Crippen LogP contribution in [-0.2, 0) is 13.5 Å². The van der Waals surface area contributed by atoms with Crippen LogP contribution in [0, 0.1) is 13.8 Å². The summed E-state index contributed by atoms with van der Waals surface area (Å²) in [6.07, 6.45) is 7.84. The van der Waals surface area contributed by atoms with Gasteiger partial charge in [-0.2, -0.15) is 5.10 Å². The number of nitrogens with zero attached hydrogens (tertiary/aromatic N) is 4. The van der Waals surface area contributed by atoms with Gasteiger partial charge in [0.15, 0.2) is 5.96 Å². The largest absolute Gasteiger partial charge is 0.355 e. The zero-order chi connectivity index (χ0) is 19.1. The van der Waals surface area contributed by atoms with Gasteiger partial charge in [-0.05, 0) is 52.6 Å². The van der Waals surface area contributed by atoms with E-state index in [1.807, 2.05) is 18.8 Å². The Bertz CT molecular complexity index is 585. The Morgan fingerprint density at radius 1 is 1.31 bits per heavy atom. The van der Waals surface area contributed by atoms with E-state index in [4.69, 9.17) is 0 Å². The molecule has 0 radical (unpaired) electrons. The predicted octanol–water partition coefficient (Wildman–Crippen LogP) is 2.40. The van der Waals surface area contributed by atoms with Gasteiger partial charge in [0.05, 0.1) is 5.69 Å². The zero-order valence-electron chi connectivity index (χ0n) is 17.6. The topological polar surface area (TPSA) is 57.5 Å². The molecule has 0 aliphatic heterocycles. The zero-order valence-corrected chi connectivity index (χ0v) is 17.6. The summed E-state index contributed by atoms with van der Waals surface area (Å²) in [6.45, 7) is 8.40. The highest BCUT2D eigenvalue weighted by Gasteiger charge is 2.18. The van der Waals surface area contributed by atoms with Crippen LogP contribution in [0.3, 0.4) is 0 Å². The number of aliphatic imine (C=N–C) groups is 1. The Morgan fingerprint density at radius 3 is 2.58 bits per heavy atom. The number of likely N-dealkylation sites (N-methyl/N-ethyl adjacent to an activating group) is 1. The van der Waals surface area contributed by atoms with Gasteiger partial charge in [0.2, 0.25) is 0 Å². The average Bonchev–Trinajstić information content (AvgIpc) is 2.87. The molecule has 1 heterocycles. The van der Waals surface area contributed by atoms with Crippen LogP contribution in [0.1, 0.15) is 56.0 Å². The minimum Gasteiger partial charge on any atom is -0.355 e. The SMILES string of the molecule is CN=C(NCCN(C)C1CCCCC1)NC(C)Cc1c(C)nn(C)c1C. The summed E-state index contributed by atoms with van der Waals surface area (Å²) >= 11 is 0. The molecule has 1 fully saturated rings. The Morgan fingerprint density at radius 2 is 2.00 bits per heavy atom. The molecule has 2 rings (SSSR count). The number of aryl methyl sites for hydroxylation is 2. The minimum absolute atomic E-state index is 0.305. The number of rotatable bonds is 7. The lowest BCUT2D eigenvalue weighted by molar-refractivity contribution is 0.194. The van der Waals surface area contributed by atoms with E-state index in [1.165, 1.54) is 43.4 Å². The summed E-state index contributed by atoms with van der Waals surface area (Å²) in [5, 5.41) is 11.5. The maximum absolute atomic E-state index is 4.51. The van der Waals surface area contributed by atoms with Crippen molar-refractivity contribution in [3.8, 4) is 0 Å². The van der Waals surface area contributed by atoms with E-state index in [1.54, 1.807) is 0 Å². The maximum atomic E-state index is 4.51. The van der Waals surface area contributed by atoms with E-state index in [9.17, 15) is 0 Å². The van der Waals surface area contributed by atoms with E-state index < -0.39 is 0 Å². The molecule has 2 N–H and O–H groups in total. The molecule has 6 heteroatoms. The molecule has 6 nitrogen and oxygen atoms in total. The first-order valence-corrected chi connectivity index (χ1v) is 10.1. The van der Waals surface area contributed by atoms with Crippen molar-refractivity contribution in [1.82, 2.24) is 25.3 Å². The molecule has 0 saturated heterocycles. The number of aromatic nitrogens is 2. The van der Waals surface area contributed by atoms with Gasteiger partial charge in [-0.25, -0.2) is 0 Å². The first-order valence-electron chi connectivity index (χ1n) is 10.1. The summed E-state index contributed by atoms with van der Waals surface area (Å²) in [6, 6.07) is 1.06. The molecule has 148 valence electrons. The van der Waals surface area contributed by atoms with E-state index >= 15 is 0 Å². The first kappa shape index (κ1) is 20.7. The lowest BCUT2D eigenvalue weighted by atomic mass is 9.94. The molecule has 1 aromatic heterocycles. The second-order valence-electron chi connectivity index (χ2n) is 7.79. The molecule has 0 spiro atoms. The number of hydrogen-bond acceptors (Lipinski definition) is 3. The molecule has 1 aliphatic rings. The molecular weight excluding hydrogens is 324 g/mol. The van der Waals surface area contributed by atoms with Crippen LogP contribution in [0.25, 0.3) is 0 Å². The Hall–Kier alpha value is -1.56. The van der Waals surface area contributed by atoms with Gasteiger partial charge in [-0.1, -0.05) is 19.3 Å². The Labute approximate surface area is 159 Å². The highest BCUT2D eigenvalue weighted by molar-refractivity contribution is 5.79. The van der Waals surface area contributed by atoms with Crippen LogP contribution in [0.5, 0.6) is 0 Å². The second-order valence-corrected chi connectivity index (χ2v) is 7.79. The van der Waals surface area contributed by atoms with E-state index in [0.29, 0.717) is 6.04 Å². The summed E-state index contributed by atoms with van der Waals surface area (Å²) in [5.41, 5.74) is 3.70. The molecule has 1 atom stereocenters. The summed E-state index contributed by atoms with van der Waals surface area (Å²) in [7, 11) is 6.10. The Balaban J connectivity index is 1.76. The van der Waals surface area contributed by atoms with Crippen molar-refractivity contribution in [2.75, 3.05) is 27.2 Å². The van der Waals surface area contributed by atoms with Gasteiger partial charge in [0, 0.05) is 45.0 Å². The predicted molar refractivity (Wildman–Crippen MR) is 110 cm³/mol. The lowest BCUT2D eigenvalue weighted by Crippen LogP contribution is -2.46. The van der Waals surface area contributed by atoms with E-state index in [0.717, 1.165) is 37.2 Å². The number of guanidine groups is 1. The van der Waals surface area contributed by atoms with Gasteiger partial charge in [-0.3, -0.25) is 9.67 Å². The average molecular weight is 363 g/mol. The monoisotopic (exact) mass is 362 g/mol. The van der Waals surface area contributed by atoms with Crippen LogP contribution >= 0.6 is 0 Å². The third-order valence-electron chi connectivity index (χ3n) is 5.73. The fourth-order valence-electron chi connectivity index (χ4n) is 3.95. The first-order chi connectivity index (χ1) is 12.4. The third kappa shape index (κ3) is 5.73. The van der Waals surface area contributed by atoms with Crippen molar-refractivity contribution in [1.29, 1.82) is 0 Å². The van der Waals surface area contributed by atoms with Crippen LogP contribution in [0.15, 0.2) is 4.99 Å². The molecule has 0 amide bonds. The smallest absolute Gasteiger partial charge is 0.191 e. The minimum atomic E-state index is 0.305. The molecule has 1 aromatic rings. The molecule has 1 aliphatic carbocycles. The lowest BCUT2D eigenvalue weighted by Gasteiger charge is -2.31. The van der Waals surface area contributed by atoms with Gasteiger partial charge in [0.1, 0.15) is 0 Å². The van der Waals surface area contributed by atoms with E-state index in [-0.39, 0.29) is 0 Å². The van der Waals surface area contributed by atoms with Crippen molar-refractivity contribution >= 4 is 5.96 Å². The summed E-state index contributed by atoms with van der Waals surface area (Å²) in [4.78, 5) is 6.89. The van der Waals surface area contributed by atoms with Crippen molar-refractivity contribution in [3.63, 3.8) is 0 Å². The van der Waals surface area contributed by atoms with Crippen molar-refractivity contribution in [2.24, 2.45) is 12.0 Å². The molecule has 1 saturated carbocycles. The molecular formula is C20H38N6. The van der Waals surface area contributed by atoms with Gasteiger partial charge in [0.25, 0.3) is 0 Å². The Kier molecular flexibility index (Phi) is 7.94. The highest BCUT2D eigenvalue weighted by atomic mass is 15.3. The van der Waals surface area contributed by atoms with Gasteiger partial charge >= 0.3 is 0 Å². The van der Waals surface area contributed by atoms with Crippen LogP contribution < -0.4 is 10.6 Å². The third-order valence-corrected chi connectivity index (χ3v) is 5.73. The highest BCUT2D eigenvalue weighted by Crippen LogP contribution is 2.21. The van der Waals surface area contributed by atoms with Gasteiger partial charge < -0.3 is 15.5 Å². The molecule has 0 bridgehead atoms. The molecule has 26 heavy (non-hydrogen) atoms. The number of hydrogen-bond donors (Lipinski definition) is 2. The standard InChI is InChI=1S/C20H38N6/c1-15(14-19-16(2)24-26(6)17(19)3)23-20(21-4)22-12-13-25(5)18-10-8-7-9-11-18/h15,18H,7-14H2,1-6H3,(H2,21,22,23). The normalized spacial score (nSPS) is 17.6. The van der Waals surface area contributed by atoms with Crippen molar-refractivity contribution < 1.29 is 0 Å². The van der Waals surface area contributed by atoms with E-state index in [2.05, 4.69) is 53.4 Å². The fourth-order valence-corrected chi connectivity index (χ4v) is 3.95. The van der Waals surface area contributed by atoms with Crippen LogP contribution in [-0.4, -0.2) is 59.9 Å². The summed E-state index contributed by atoms with van der Waals surface area (Å²) in [5.74, 6) is 0.883. The fraction of sp³-hybridized carbons (Fsp3) is 0.800. The van der Waals surface area contributed by atoms with Crippen LogP contribution in [0.4, 0.5) is 0 Å². The van der Waals surface area contributed by atoms with Crippen LogP contribution in [0.2, 0.25) is 0 Å². The second kappa shape index (κ2) is 9.95. The molecule has 1 unspecified atom stereocenters. The van der Waals surface area contributed by atoms with Crippen molar-refractivity contribution in [3.05, 3.63) is 17.0 Å². The maximum Gasteiger partial charge on any atom is 0.191 e. The van der Waals surface area contributed by atoms with Gasteiger partial charge in [-0.15, -0.1) is 0 Å².